The van der Waals surface area contributed by atoms with Gasteiger partial charge in [-0.1, -0.05) is 42.5 Å². The third-order valence-electron chi connectivity index (χ3n) is 7.65. The number of carbonyl (C=O) groups is 1. The van der Waals surface area contributed by atoms with Gasteiger partial charge in [-0.2, -0.15) is 0 Å². The highest BCUT2D eigenvalue weighted by molar-refractivity contribution is 5.85. The number of carbonyl (C=O) groups excluding carboxylic acids is 1. The van der Waals surface area contributed by atoms with Gasteiger partial charge in [0, 0.05) is 44.8 Å². The highest BCUT2D eigenvalue weighted by Gasteiger charge is 2.32. The molecule has 2 aromatic carbocycles. The van der Waals surface area contributed by atoms with E-state index in [0.717, 1.165) is 77.4 Å². The van der Waals surface area contributed by atoms with Gasteiger partial charge < -0.3 is 20.3 Å². The summed E-state index contributed by atoms with van der Waals surface area (Å²) in [5.74, 6) is 1.34. The topological polar surface area (TPSA) is 62.0 Å². The predicted molar refractivity (Wildman–Crippen MR) is 144 cm³/mol. The van der Waals surface area contributed by atoms with Crippen LogP contribution >= 0.6 is 12.4 Å². The van der Waals surface area contributed by atoms with E-state index < -0.39 is 0 Å². The number of piperazine rings is 1. The van der Waals surface area contributed by atoms with Gasteiger partial charge in [0.1, 0.15) is 5.75 Å². The number of amides is 1. The second-order valence-corrected chi connectivity index (χ2v) is 9.79. The molecule has 1 atom stereocenters. The molecule has 0 bridgehead atoms. The van der Waals surface area contributed by atoms with E-state index in [2.05, 4.69) is 47.1 Å². The normalized spacial score (nSPS) is 18.7. The van der Waals surface area contributed by atoms with Crippen LogP contribution in [0.2, 0.25) is 0 Å². The Balaban J connectivity index is 0.00000342. The van der Waals surface area contributed by atoms with Crippen LogP contribution in [0.5, 0.6) is 5.75 Å². The number of rotatable bonds is 8. The van der Waals surface area contributed by atoms with Crippen molar-refractivity contribution in [3.05, 3.63) is 65.2 Å². The summed E-state index contributed by atoms with van der Waals surface area (Å²) in [6.07, 6.45) is 3.10. The second-order valence-electron chi connectivity index (χ2n) is 9.79. The Labute approximate surface area is 216 Å². The van der Waals surface area contributed by atoms with Gasteiger partial charge >= 0.3 is 0 Å². The van der Waals surface area contributed by atoms with Crippen molar-refractivity contribution >= 4 is 18.3 Å². The quantitative estimate of drug-likeness (QED) is 0.602. The molecular formula is C28H41ClN4O2. The number of halogens is 1. The van der Waals surface area contributed by atoms with Crippen LogP contribution in [0, 0.1) is 12.8 Å². The second kappa shape index (κ2) is 13.3. The molecule has 1 amide bonds. The smallest absolute Gasteiger partial charge is 0.239 e. The Morgan fingerprint density at radius 1 is 0.943 bits per heavy atom. The van der Waals surface area contributed by atoms with Crippen molar-refractivity contribution < 1.29 is 9.53 Å². The standard InChI is InChI=1S/C28H40N4O2.ClH/c1-22-7-3-4-8-23(22)11-14-30-15-12-24(13-16-30)27(29)28(33)32-19-17-31(18-20-32)21-25-9-5-6-10-26(25)34-2;/h3-10,24,27H,11-21,29H2,1-2H3;1H. The predicted octanol–water partition coefficient (Wildman–Crippen LogP) is 3.35. The molecule has 6 nitrogen and oxygen atoms in total. The van der Waals surface area contributed by atoms with E-state index >= 15 is 0 Å². The molecule has 2 N–H and O–H groups in total. The molecule has 2 aliphatic heterocycles. The number of methoxy groups -OCH3 is 1. The van der Waals surface area contributed by atoms with Gasteiger partial charge in [-0.05, 0) is 62.4 Å². The van der Waals surface area contributed by atoms with Crippen molar-refractivity contribution in [2.24, 2.45) is 11.7 Å². The highest BCUT2D eigenvalue weighted by atomic mass is 35.5. The number of hydrogen-bond acceptors (Lipinski definition) is 5. The number of nitrogens with two attached hydrogens (primary N) is 1. The number of benzene rings is 2. The van der Waals surface area contributed by atoms with Gasteiger partial charge in [0.15, 0.2) is 0 Å². The van der Waals surface area contributed by atoms with Crippen LogP contribution in [-0.4, -0.2) is 79.6 Å². The molecule has 0 aliphatic carbocycles. The van der Waals surface area contributed by atoms with E-state index in [1.54, 1.807) is 7.11 Å². The lowest BCUT2D eigenvalue weighted by Gasteiger charge is -2.39. The van der Waals surface area contributed by atoms with Gasteiger partial charge in [-0.3, -0.25) is 9.69 Å². The third kappa shape index (κ3) is 7.20. The Morgan fingerprint density at radius 2 is 1.57 bits per heavy atom. The van der Waals surface area contributed by atoms with E-state index in [0.29, 0.717) is 0 Å². The fraction of sp³-hybridized carbons (Fsp3) is 0.536. The Bertz CT molecular complexity index is 940. The lowest BCUT2D eigenvalue weighted by atomic mass is 9.88. The summed E-state index contributed by atoms with van der Waals surface area (Å²) in [4.78, 5) is 20.0. The summed E-state index contributed by atoms with van der Waals surface area (Å²) in [7, 11) is 1.71. The minimum atomic E-state index is -0.376. The zero-order valence-electron chi connectivity index (χ0n) is 21.2. The lowest BCUT2D eigenvalue weighted by molar-refractivity contribution is -0.136. The first kappa shape index (κ1) is 27.5. The van der Waals surface area contributed by atoms with E-state index in [1.807, 2.05) is 23.1 Å². The lowest BCUT2D eigenvalue weighted by Crippen LogP contribution is -2.55. The van der Waals surface area contributed by atoms with Crippen molar-refractivity contribution in [1.29, 1.82) is 0 Å². The Morgan fingerprint density at radius 3 is 2.23 bits per heavy atom. The Hall–Kier alpha value is -2.12. The van der Waals surface area contributed by atoms with E-state index in [-0.39, 0.29) is 30.3 Å². The summed E-state index contributed by atoms with van der Waals surface area (Å²) in [6, 6.07) is 16.4. The fourth-order valence-corrected chi connectivity index (χ4v) is 5.32. The summed E-state index contributed by atoms with van der Waals surface area (Å²) in [5, 5.41) is 0. The maximum absolute atomic E-state index is 13.1. The molecule has 2 saturated heterocycles. The number of para-hydroxylation sites is 1. The molecule has 1 unspecified atom stereocenters. The Kier molecular flexibility index (Phi) is 10.4. The average Bonchev–Trinajstić information content (AvgIpc) is 2.88. The molecule has 2 fully saturated rings. The van der Waals surface area contributed by atoms with E-state index in [1.165, 1.54) is 16.7 Å². The summed E-state index contributed by atoms with van der Waals surface area (Å²) in [5.41, 5.74) is 10.5. The van der Waals surface area contributed by atoms with Crippen LogP contribution in [0.25, 0.3) is 0 Å². The van der Waals surface area contributed by atoms with Crippen LogP contribution in [0.15, 0.2) is 48.5 Å². The first-order chi connectivity index (χ1) is 16.5. The minimum Gasteiger partial charge on any atom is -0.496 e. The number of aryl methyl sites for hydroxylation is 1. The zero-order chi connectivity index (χ0) is 23.9. The molecule has 0 aromatic heterocycles. The first-order valence-electron chi connectivity index (χ1n) is 12.7. The zero-order valence-corrected chi connectivity index (χ0v) is 22.0. The molecule has 2 aromatic rings. The average molecular weight is 501 g/mol. The number of piperidine rings is 1. The molecule has 2 heterocycles. The number of hydrogen-bond donors (Lipinski definition) is 1. The molecule has 0 spiro atoms. The van der Waals surface area contributed by atoms with Crippen molar-refractivity contribution in [3.8, 4) is 5.75 Å². The summed E-state index contributed by atoms with van der Waals surface area (Å²) >= 11 is 0. The number of nitrogens with zero attached hydrogens (tertiary/aromatic N) is 3. The van der Waals surface area contributed by atoms with Crippen LogP contribution in [0.3, 0.4) is 0 Å². The summed E-state index contributed by atoms with van der Waals surface area (Å²) in [6.45, 7) is 9.41. The monoisotopic (exact) mass is 500 g/mol. The van der Waals surface area contributed by atoms with Gasteiger partial charge in [0.25, 0.3) is 0 Å². The molecule has 192 valence electrons. The van der Waals surface area contributed by atoms with Gasteiger partial charge in [0.05, 0.1) is 13.2 Å². The fourth-order valence-electron chi connectivity index (χ4n) is 5.32. The van der Waals surface area contributed by atoms with Crippen molar-refractivity contribution in [1.82, 2.24) is 14.7 Å². The molecule has 0 radical (unpaired) electrons. The van der Waals surface area contributed by atoms with Crippen LogP contribution in [0.4, 0.5) is 0 Å². The van der Waals surface area contributed by atoms with Crippen LogP contribution in [0.1, 0.15) is 29.5 Å². The van der Waals surface area contributed by atoms with Gasteiger partial charge in [0.2, 0.25) is 5.91 Å². The van der Waals surface area contributed by atoms with E-state index in [9.17, 15) is 4.79 Å². The maximum atomic E-state index is 13.1. The molecule has 2 aliphatic rings. The SMILES string of the molecule is COc1ccccc1CN1CCN(C(=O)C(N)C2CCN(CCc3ccccc3C)CC2)CC1.Cl. The van der Waals surface area contributed by atoms with Crippen LogP contribution in [-0.2, 0) is 17.8 Å². The van der Waals surface area contributed by atoms with Gasteiger partial charge in [-0.25, -0.2) is 0 Å². The molecule has 0 saturated carbocycles. The highest BCUT2D eigenvalue weighted by Crippen LogP contribution is 2.23. The minimum absolute atomic E-state index is 0. The maximum Gasteiger partial charge on any atom is 0.239 e. The molecule has 4 rings (SSSR count). The van der Waals surface area contributed by atoms with Crippen molar-refractivity contribution in [2.75, 3.05) is 52.9 Å². The number of likely N-dealkylation sites (tertiary alicyclic amines) is 1. The van der Waals surface area contributed by atoms with Crippen LogP contribution < -0.4 is 10.5 Å². The summed E-state index contributed by atoms with van der Waals surface area (Å²) < 4.78 is 5.48. The first-order valence-corrected chi connectivity index (χ1v) is 12.7. The molecule has 35 heavy (non-hydrogen) atoms. The number of ether oxygens (including phenoxy) is 1. The van der Waals surface area contributed by atoms with E-state index in [4.69, 9.17) is 10.5 Å². The van der Waals surface area contributed by atoms with Crippen molar-refractivity contribution in [3.63, 3.8) is 0 Å². The van der Waals surface area contributed by atoms with Crippen molar-refractivity contribution in [2.45, 2.75) is 38.8 Å². The molecule has 7 heteroatoms. The largest absolute Gasteiger partial charge is 0.496 e. The molecular weight excluding hydrogens is 460 g/mol. The third-order valence-corrected chi connectivity index (χ3v) is 7.65. The van der Waals surface area contributed by atoms with Gasteiger partial charge in [-0.15, -0.1) is 12.4 Å².